The van der Waals surface area contributed by atoms with Gasteiger partial charge in [0.2, 0.25) is 0 Å². The molecule has 6 atom stereocenters. The Balaban J connectivity index is 0.000000166. The van der Waals surface area contributed by atoms with Crippen molar-refractivity contribution in [2.24, 2.45) is 34.5 Å². The van der Waals surface area contributed by atoms with Gasteiger partial charge < -0.3 is 14.4 Å². The lowest BCUT2D eigenvalue weighted by atomic mass is 9.88. The zero-order valence-corrected chi connectivity index (χ0v) is 16.9. The van der Waals surface area contributed by atoms with Gasteiger partial charge in [0.1, 0.15) is 5.76 Å². The zero-order chi connectivity index (χ0) is 20.8. The van der Waals surface area contributed by atoms with Gasteiger partial charge in [-0.05, 0) is 54.4 Å². The van der Waals surface area contributed by atoms with E-state index in [1.165, 1.54) is 6.08 Å². The molecule has 27 heavy (non-hydrogen) atoms. The number of aliphatic hydroxyl groups excluding tert-OH is 1. The molecule has 4 rings (SSSR count). The minimum Gasteiger partial charge on any atom is -0.390 e. The van der Waals surface area contributed by atoms with Crippen LogP contribution in [0.1, 0.15) is 47.5 Å². The van der Waals surface area contributed by atoms with E-state index >= 15 is 0 Å². The van der Waals surface area contributed by atoms with Crippen LogP contribution in [-0.2, 0) is 14.3 Å². The highest BCUT2D eigenvalue weighted by Crippen LogP contribution is 2.70. The largest absolute Gasteiger partial charge is 0.534 e. The van der Waals surface area contributed by atoms with E-state index in [0.29, 0.717) is 18.3 Å². The van der Waals surface area contributed by atoms with Gasteiger partial charge in [0.25, 0.3) is 0 Å². The van der Waals surface area contributed by atoms with E-state index in [1.807, 2.05) is 13.8 Å². The topological polar surface area (TPSA) is 83.8 Å². The van der Waals surface area contributed by atoms with Crippen molar-refractivity contribution < 1.29 is 36.0 Å². The molecular weight excluding hydrogens is 385 g/mol. The number of hydrogen-bond donors (Lipinski definition) is 2. The number of halogens is 3. The first kappa shape index (κ1) is 20.9. The highest BCUT2D eigenvalue weighted by Gasteiger charge is 2.71. The minimum absolute atomic E-state index is 0.0488. The Morgan fingerprint density at radius 2 is 1.67 bits per heavy atom. The molecule has 0 heterocycles. The highest BCUT2D eigenvalue weighted by atomic mass is 32.2. The van der Waals surface area contributed by atoms with Gasteiger partial charge in [-0.2, -0.15) is 21.6 Å². The molecule has 0 radical (unpaired) electrons. The summed E-state index contributed by atoms with van der Waals surface area (Å²) < 4.78 is 62.0. The van der Waals surface area contributed by atoms with Crippen LogP contribution in [0.4, 0.5) is 13.2 Å². The Morgan fingerprint density at radius 3 is 2.00 bits per heavy atom. The second-order valence-electron chi connectivity index (χ2n) is 9.61. The van der Waals surface area contributed by atoms with Crippen LogP contribution in [0.25, 0.3) is 0 Å². The van der Waals surface area contributed by atoms with Crippen molar-refractivity contribution in [2.75, 3.05) is 0 Å². The van der Waals surface area contributed by atoms with E-state index in [1.54, 1.807) is 6.92 Å². The Bertz CT molecular complexity index is 766. The van der Waals surface area contributed by atoms with Crippen molar-refractivity contribution >= 4 is 10.1 Å². The predicted molar refractivity (Wildman–Crippen MR) is 91.5 cm³/mol. The van der Waals surface area contributed by atoms with Crippen molar-refractivity contribution in [1.82, 2.24) is 0 Å². The van der Waals surface area contributed by atoms with E-state index in [4.69, 9.17) is 0 Å². The standard InChI is InChI=1S/C9H11F3O3S.C9H16O2/c1-8(2)5-3-4-6(7(5)8)15-16(13,14)9(10,11)12;1-8(2)5-4-6(10)9(3,11)7(5)8/h4-5,7H,3H2,1-2H3;5-7,10-11H,4H2,1-3H3. The maximum atomic E-state index is 12.1. The molecule has 0 aromatic carbocycles. The summed E-state index contributed by atoms with van der Waals surface area (Å²) in [6.45, 7) is 9.88. The lowest BCUT2D eigenvalue weighted by molar-refractivity contribution is -0.0701. The van der Waals surface area contributed by atoms with Gasteiger partial charge in [0.05, 0.1) is 11.7 Å². The smallest absolute Gasteiger partial charge is 0.390 e. The first-order valence-electron chi connectivity index (χ1n) is 9.07. The number of aliphatic hydroxyl groups is 2. The average Bonchev–Trinajstić information content (AvgIpc) is 3.00. The third kappa shape index (κ3) is 3.09. The van der Waals surface area contributed by atoms with Gasteiger partial charge in [-0.3, -0.25) is 0 Å². The molecule has 5 nitrogen and oxygen atoms in total. The molecule has 0 spiro atoms. The molecule has 0 aromatic rings. The number of rotatable bonds is 2. The summed E-state index contributed by atoms with van der Waals surface area (Å²) in [7, 11) is -5.51. The van der Waals surface area contributed by atoms with E-state index in [2.05, 4.69) is 18.0 Å². The molecule has 0 amide bonds. The normalized spacial score (nSPS) is 43.0. The van der Waals surface area contributed by atoms with Crippen molar-refractivity contribution in [3.05, 3.63) is 11.8 Å². The molecule has 0 aromatic heterocycles. The SMILES string of the molecule is CC1(C)C2CC(O)C(C)(O)C21.CC1(C)C2CC=C(OS(=O)(=O)C(F)(F)F)C21. The summed E-state index contributed by atoms with van der Waals surface area (Å²) in [5.41, 5.74) is -6.06. The summed E-state index contributed by atoms with van der Waals surface area (Å²) in [4.78, 5) is 0. The summed E-state index contributed by atoms with van der Waals surface area (Å²) in [5, 5.41) is 19.3. The van der Waals surface area contributed by atoms with Gasteiger partial charge in [0, 0.05) is 5.92 Å². The van der Waals surface area contributed by atoms with Crippen LogP contribution in [0.2, 0.25) is 0 Å². The second kappa shape index (κ2) is 5.63. The molecule has 6 unspecified atom stereocenters. The van der Waals surface area contributed by atoms with Crippen LogP contribution in [0.15, 0.2) is 11.8 Å². The first-order chi connectivity index (χ1) is 12.0. The number of alkyl halides is 3. The monoisotopic (exact) mass is 412 g/mol. The fraction of sp³-hybridized carbons (Fsp3) is 0.889. The Kier molecular flexibility index (Phi) is 4.36. The molecule has 4 aliphatic carbocycles. The second-order valence-corrected chi connectivity index (χ2v) is 11.2. The first-order valence-corrected chi connectivity index (χ1v) is 10.5. The van der Waals surface area contributed by atoms with Gasteiger partial charge in [0.15, 0.2) is 0 Å². The summed E-state index contributed by atoms with van der Waals surface area (Å²) >= 11 is 0. The van der Waals surface area contributed by atoms with Gasteiger partial charge in [-0.15, -0.1) is 0 Å². The third-order valence-electron chi connectivity index (χ3n) is 7.25. The lowest BCUT2D eigenvalue weighted by Gasteiger charge is -2.28. The molecule has 156 valence electrons. The van der Waals surface area contributed by atoms with Crippen molar-refractivity contribution in [3.63, 3.8) is 0 Å². The molecule has 0 saturated heterocycles. The quantitative estimate of drug-likeness (QED) is 0.538. The van der Waals surface area contributed by atoms with Crippen LogP contribution >= 0.6 is 0 Å². The molecule has 0 bridgehead atoms. The Labute approximate surface area is 157 Å². The van der Waals surface area contributed by atoms with Crippen LogP contribution in [0.3, 0.4) is 0 Å². The van der Waals surface area contributed by atoms with Crippen LogP contribution in [0, 0.1) is 34.5 Å². The average molecular weight is 412 g/mol. The Hall–Kier alpha value is -0.800. The Morgan fingerprint density at radius 1 is 1.11 bits per heavy atom. The molecule has 3 saturated carbocycles. The number of fused-ring (bicyclic) bond motifs is 2. The summed E-state index contributed by atoms with van der Waals surface area (Å²) in [6, 6.07) is 0. The van der Waals surface area contributed by atoms with Crippen molar-refractivity contribution in [1.29, 1.82) is 0 Å². The maximum absolute atomic E-state index is 12.1. The van der Waals surface area contributed by atoms with Crippen LogP contribution in [0.5, 0.6) is 0 Å². The molecule has 2 N–H and O–H groups in total. The van der Waals surface area contributed by atoms with Gasteiger partial charge in [-0.1, -0.05) is 27.7 Å². The molecule has 9 heteroatoms. The fourth-order valence-corrected chi connectivity index (χ4v) is 5.93. The van der Waals surface area contributed by atoms with E-state index in [0.717, 1.165) is 6.42 Å². The van der Waals surface area contributed by atoms with Crippen molar-refractivity contribution in [3.8, 4) is 0 Å². The lowest BCUT2D eigenvalue weighted by Crippen LogP contribution is -2.40. The van der Waals surface area contributed by atoms with E-state index < -0.39 is 27.3 Å². The number of allylic oxidation sites excluding steroid dienone is 2. The van der Waals surface area contributed by atoms with Gasteiger partial charge >= 0.3 is 15.6 Å². The predicted octanol–water partition coefficient (Wildman–Crippen LogP) is 3.19. The molecular formula is C18H27F3O5S. The maximum Gasteiger partial charge on any atom is 0.534 e. The van der Waals surface area contributed by atoms with Gasteiger partial charge in [-0.25, -0.2) is 0 Å². The molecule has 3 fully saturated rings. The highest BCUT2D eigenvalue weighted by molar-refractivity contribution is 7.87. The summed E-state index contributed by atoms with van der Waals surface area (Å²) in [5.74, 6) is 0.848. The molecule has 4 aliphatic rings. The fourth-order valence-electron chi connectivity index (χ4n) is 5.41. The van der Waals surface area contributed by atoms with Crippen LogP contribution < -0.4 is 0 Å². The van der Waals surface area contributed by atoms with E-state index in [9.17, 15) is 31.8 Å². The summed E-state index contributed by atoms with van der Waals surface area (Å²) in [6.07, 6.45) is 2.31. The minimum atomic E-state index is -5.51. The van der Waals surface area contributed by atoms with Crippen LogP contribution in [-0.4, -0.2) is 35.8 Å². The molecule has 0 aliphatic heterocycles. The third-order valence-corrected chi connectivity index (χ3v) is 8.23. The zero-order valence-electron chi connectivity index (χ0n) is 16.0. The van der Waals surface area contributed by atoms with Crippen molar-refractivity contribution in [2.45, 2.75) is 64.7 Å². The van der Waals surface area contributed by atoms with E-state index in [-0.39, 0.29) is 28.4 Å². The number of hydrogen-bond acceptors (Lipinski definition) is 5.